The van der Waals surface area contributed by atoms with Crippen LogP contribution in [-0.2, 0) is 0 Å². The minimum Gasteiger partial charge on any atom is -0.384 e. The van der Waals surface area contributed by atoms with Crippen LogP contribution in [0.15, 0.2) is 41.7 Å². The quantitative estimate of drug-likeness (QED) is 0.868. The van der Waals surface area contributed by atoms with E-state index in [1.165, 1.54) is 0 Å². The average molecular weight is 273 g/mol. The molecule has 5 heteroatoms. The molecule has 3 rings (SSSR count). The first-order chi connectivity index (χ1) is 9.13. The summed E-state index contributed by atoms with van der Waals surface area (Å²) in [5.74, 6) is 0.477. The highest BCUT2D eigenvalue weighted by Crippen LogP contribution is 2.24. The Bertz CT molecular complexity index is 701. The standard InChI is InChI=1S/C14H13ClN4/c1-19-5-4-17-13(8-19)11-7-14(16)18-12-6-9(15)2-3-10(11)12/h2-7H,8H2,1H3,(H2,16,18). The van der Waals surface area contributed by atoms with Gasteiger partial charge < -0.3 is 10.6 Å². The minimum absolute atomic E-state index is 0.477. The Morgan fingerprint density at radius 1 is 1.32 bits per heavy atom. The number of halogens is 1. The molecule has 19 heavy (non-hydrogen) atoms. The van der Waals surface area contributed by atoms with Crippen LogP contribution in [0, 0.1) is 0 Å². The topological polar surface area (TPSA) is 54.5 Å². The molecule has 0 spiro atoms. The highest BCUT2D eigenvalue weighted by Gasteiger charge is 2.13. The van der Waals surface area contributed by atoms with Crippen LogP contribution in [0.5, 0.6) is 0 Å². The van der Waals surface area contributed by atoms with Crippen LogP contribution in [-0.4, -0.2) is 29.2 Å². The number of fused-ring (bicyclic) bond motifs is 1. The largest absolute Gasteiger partial charge is 0.384 e. The van der Waals surface area contributed by atoms with Crippen LogP contribution >= 0.6 is 11.6 Å². The summed E-state index contributed by atoms with van der Waals surface area (Å²) in [6, 6.07) is 7.50. The number of rotatable bonds is 1. The van der Waals surface area contributed by atoms with Gasteiger partial charge in [0.05, 0.1) is 17.8 Å². The van der Waals surface area contributed by atoms with Crippen molar-refractivity contribution < 1.29 is 0 Å². The van der Waals surface area contributed by atoms with E-state index in [0.717, 1.165) is 28.7 Å². The molecule has 0 radical (unpaired) electrons. The molecular formula is C14H13ClN4. The third-order valence-electron chi connectivity index (χ3n) is 3.05. The zero-order valence-electron chi connectivity index (χ0n) is 10.5. The second-order valence-electron chi connectivity index (χ2n) is 4.55. The minimum atomic E-state index is 0.477. The molecule has 2 heterocycles. The van der Waals surface area contributed by atoms with E-state index in [4.69, 9.17) is 17.3 Å². The van der Waals surface area contributed by atoms with E-state index in [2.05, 4.69) is 14.9 Å². The van der Waals surface area contributed by atoms with E-state index in [9.17, 15) is 0 Å². The molecule has 0 amide bonds. The SMILES string of the molecule is CN1C=CN=C(c2cc(N)nc3cc(Cl)ccc23)C1. The maximum atomic E-state index is 6.00. The first kappa shape index (κ1) is 12.0. The van der Waals surface area contributed by atoms with E-state index in [1.54, 1.807) is 6.20 Å². The zero-order valence-corrected chi connectivity index (χ0v) is 11.2. The molecule has 0 bridgehead atoms. The Kier molecular flexibility index (Phi) is 2.87. The van der Waals surface area contributed by atoms with Gasteiger partial charge in [-0.25, -0.2) is 4.98 Å². The number of nitrogen functional groups attached to an aromatic ring is 1. The van der Waals surface area contributed by atoms with Crippen LogP contribution < -0.4 is 5.73 Å². The number of nitrogens with zero attached hydrogens (tertiary/aromatic N) is 3. The molecule has 2 aromatic rings. The van der Waals surface area contributed by atoms with Gasteiger partial charge in [0.1, 0.15) is 5.82 Å². The molecule has 4 nitrogen and oxygen atoms in total. The summed E-state index contributed by atoms with van der Waals surface area (Å²) in [5, 5.41) is 1.67. The number of hydrogen-bond donors (Lipinski definition) is 1. The normalized spacial score (nSPS) is 14.8. The van der Waals surface area contributed by atoms with Crippen molar-refractivity contribution in [3.8, 4) is 0 Å². The van der Waals surface area contributed by atoms with Crippen molar-refractivity contribution >= 4 is 34.0 Å². The molecule has 2 N–H and O–H groups in total. The fraction of sp³-hybridized carbons (Fsp3) is 0.143. The van der Waals surface area contributed by atoms with Crippen LogP contribution in [0.25, 0.3) is 10.9 Å². The number of nitrogens with two attached hydrogens (primary N) is 1. The second kappa shape index (κ2) is 4.55. The maximum absolute atomic E-state index is 6.00. The summed E-state index contributed by atoms with van der Waals surface area (Å²) in [5.41, 5.74) is 8.66. The highest BCUT2D eigenvalue weighted by molar-refractivity contribution is 6.31. The van der Waals surface area contributed by atoms with Gasteiger partial charge in [0.15, 0.2) is 0 Å². The maximum Gasteiger partial charge on any atom is 0.124 e. The lowest BCUT2D eigenvalue weighted by molar-refractivity contribution is 0.517. The first-order valence-electron chi connectivity index (χ1n) is 5.93. The van der Waals surface area contributed by atoms with Crippen LogP contribution in [0.1, 0.15) is 5.56 Å². The smallest absolute Gasteiger partial charge is 0.124 e. The summed E-state index contributed by atoms with van der Waals surface area (Å²) in [7, 11) is 2.01. The van der Waals surface area contributed by atoms with Crippen LogP contribution in [0.3, 0.4) is 0 Å². The van der Waals surface area contributed by atoms with Gasteiger partial charge in [-0.3, -0.25) is 4.99 Å². The number of anilines is 1. The average Bonchev–Trinajstić information content (AvgIpc) is 2.37. The second-order valence-corrected chi connectivity index (χ2v) is 4.98. The third kappa shape index (κ3) is 2.27. The molecule has 0 unspecified atom stereocenters. The monoisotopic (exact) mass is 272 g/mol. The van der Waals surface area contributed by atoms with Gasteiger partial charge in [0.2, 0.25) is 0 Å². The van der Waals surface area contributed by atoms with Gasteiger partial charge in [-0.05, 0) is 18.2 Å². The van der Waals surface area contributed by atoms with Crippen molar-refractivity contribution in [2.75, 3.05) is 19.3 Å². The van der Waals surface area contributed by atoms with Crippen molar-refractivity contribution in [1.82, 2.24) is 9.88 Å². The van der Waals surface area contributed by atoms with Gasteiger partial charge in [-0.1, -0.05) is 17.7 Å². The number of likely N-dealkylation sites (N-methyl/N-ethyl adjacent to an activating group) is 1. The summed E-state index contributed by atoms with van der Waals surface area (Å²) in [6.07, 6.45) is 3.73. The summed E-state index contributed by atoms with van der Waals surface area (Å²) >= 11 is 6.00. The van der Waals surface area contributed by atoms with Crippen LogP contribution in [0.4, 0.5) is 5.82 Å². The molecular weight excluding hydrogens is 260 g/mol. The summed E-state index contributed by atoms with van der Waals surface area (Å²) in [6.45, 7) is 0.748. The Balaban J connectivity index is 2.23. The van der Waals surface area contributed by atoms with E-state index in [0.29, 0.717) is 10.8 Å². The van der Waals surface area contributed by atoms with Crippen molar-refractivity contribution in [2.24, 2.45) is 4.99 Å². The predicted octanol–water partition coefficient (Wildman–Crippen LogP) is 2.68. The lowest BCUT2D eigenvalue weighted by Crippen LogP contribution is -2.24. The van der Waals surface area contributed by atoms with Gasteiger partial charge in [0.25, 0.3) is 0 Å². The molecule has 1 aromatic carbocycles. The van der Waals surface area contributed by atoms with Crippen molar-refractivity contribution in [2.45, 2.75) is 0 Å². The molecule has 0 aliphatic carbocycles. The van der Waals surface area contributed by atoms with Gasteiger partial charge in [0, 0.05) is 35.4 Å². The fourth-order valence-corrected chi connectivity index (χ4v) is 2.35. The number of benzene rings is 1. The Morgan fingerprint density at radius 3 is 2.95 bits per heavy atom. The van der Waals surface area contributed by atoms with Gasteiger partial charge in [-0.15, -0.1) is 0 Å². The molecule has 0 saturated carbocycles. The Hall–Kier alpha value is -2.07. The first-order valence-corrected chi connectivity index (χ1v) is 6.31. The van der Waals surface area contributed by atoms with Crippen LogP contribution in [0.2, 0.25) is 5.02 Å². The highest BCUT2D eigenvalue weighted by atomic mass is 35.5. The molecule has 0 fully saturated rings. The summed E-state index contributed by atoms with van der Waals surface area (Å²) in [4.78, 5) is 10.8. The third-order valence-corrected chi connectivity index (χ3v) is 3.29. The van der Waals surface area contributed by atoms with Gasteiger partial charge >= 0.3 is 0 Å². The van der Waals surface area contributed by atoms with Crippen molar-refractivity contribution in [1.29, 1.82) is 0 Å². The zero-order chi connectivity index (χ0) is 13.4. The Morgan fingerprint density at radius 2 is 2.16 bits per heavy atom. The molecule has 96 valence electrons. The predicted molar refractivity (Wildman–Crippen MR) is 79.5 cm³/mol. The van der Waals surface area contributed by atoms with Crippen molar-refractivity contribution in [3.05, 3.63) is 47.3 Å². The van der Waals surface area contributed by atoms with Crippen molar-refractivity contribution in [3.63, 3.8) is 0 Å². The van der Waals surface area contributed by atoms with Gasteiger partial charge in [-0.2, -0.15) is 0 Å². The molecule has 1 aliphatic heterocycles. The van der Waals surface area contributed by atoms with E-state index in [1.807, 2.05) is 37.5 Å². The number of pyridine rings is 1. The molecule has 1 aromatic heterocycles. The number of aliphatic imine (C=N–C) groups is 1. The molecule has 0 saturated heterocycles. The fourth-order valence-electron chi connectivity index (χ4n) is 2.18. The lowest BCUT2D eigenvalue weighted by atomic mass is 10.0. The number of aromatic nitrogens is 1. The number of hydrogen-bond acceptors (Lipinski definition) is 4. The summed E-state index contributed by atoms with van der Waals surface area (Å²) < 4.78 is 0. The molecule has 1 aliphatic rings. The van der Waals surface area contributed by atoms with E-state index in [-0.39, 0.29) is 0 Å². The molecule has 0 atom stereocenters. The van der Waals surface area contributed by atoms with E-state index >= 15 is 0 Å². The van der Waals surface area contributed by atoms with E-state index < -0.39 is 0 Å². The Labute approximate surface area is 116 Å². The lowest BCUT2D eigenvalue weighted by Gasteiger charge is -2.20.